The first-order chi connectivity index (χ1) is 16.7. The Kier molecular flexibility index (Phi) is 6.08. The number of halogens is 1. The van der Waals surface area contributed by atoms with Crippen LogP contribution in [0.25, 0.3) is 33.8 Å². The van der Waals surface area contributed by atoms with Crippen molar-refractivity contribution in [1.29, 1.82) is 0 Å². The zero-order valence-corrected chi connectivity index (χ0v) is 21.7. The number of imidazole rings is 1. The van der Waals surface area contributed by atoms with Crippen molar-refractivity contribution in [1.82, 2.24) is 19.1 Å². The van der Waals surface area contributed by atoms with Crippen molar-refractivity contribution in [3.05, 3.63) is 64.1 Å². The van der Waals surface area contributed by atoms with Gasteiger partial charge >= 0.3 is 0 Å². The van der Waals surface area contributed by atoms with E-state index in [2.05, 4.69) is 37.3 Å². The molecule has 0 saturated heterocycles. The van der Waals surface area contributed by atoms with E-state index in [1.165, 1.54) is 32.3 Å². The summed E-state index contributed by atoms with van der Waals surface area (Å²) >= 11 is 1.72. The van der Waals surface area contributed by atoms with E-state index in [9.17, 15) is 9.18 Å². The summed E-state index contributed by atoms with van der Waals surface area (Å²) in [5.74, 6) is 2.29. The maximum absolute atomic E-state index is 14.8. The Bertz CT molecular complexity index is 1460. The lowest BCUT2D eigenvalue weighted by Crippen LogP contribution is -2.30. The Hall–Kier alpha value is -2.93. The molecule has 1 fully saturated rings. The number of aryl methyl sites for hydroxylation is 2. The lowest BCUT2D eigenvalue weighted by molar-refractivity contribution is 0.218. The number of thioether (sulfide) groups is 1. The number of nitrogens with zero attached hydrogens (tertiary/aromatic N) is 4. The number of fused-ring (bicyclic) bond motifs is 1. The molecule has 1 saturated carbocycles. The van der Waals surface area contributed by atoms with E-state index in [0.717, 1.165) is 33.4 Å². The van der Waals surface area contributed by atoms with Crippen LogP contribution in [0.4, 0.5) is 4.39 Å². The van der Waals surface area contributed by atoms with Crippen LogP contribution < -0.4 is 5.56 Å². The van der Waals surface area contributed by atoms with E-state index in [-0.39, 0.29) is 11.1 Å². The van der Waals surface area contributed by atoms with Crippen LogP contribution in [-0.4, -0.2) is 24.9 Å². The number of pyridine rings is 2. The number of rotatable bonds is 7. The molecule has 182 valence electrons. The fraction of sp³-hybridized carbons (Fsp3) is 0.393. The van der Waals surface area contributed by atoms with Crippen LogP contribution in [0, 0.1) is 0 Å². The first-order valence-electron chi connectivity index (χ1n) is 12.3. The molecule has 0 radical (unpaired) electrons. The van der Waals surface area contributed by atoms with Gasteiger partial charge in [0.1, 0.15) is 22.5 Å². The summed E-state index contributed by atoms with van der Waals surface area (Å²) in [4.78, 5) is 23.8. The topological polar surface area (TPSA) is 52.7 Å². The molecule has 3 aromatic heterocycles. The molecular weight excluding hydrogens is 459 g/mol. The fourth-order valence-corrected chi connectivity index (χ4v) is 5.50. The Labute approximate surface area is 209 Å². The molecule has 0 amide bonds. The van der Waals surface area contributed by atoms with Gasteiger partial charge in [-0.15, -0.1) is 11.8 Å². The Morgan fingerprint density at radius 3 is 2.43 bits per heavy atom. The molecule has 1 aliphatic rings. The molecule has 5 rings (SSSR count). The largest absolute Gasteiger partial charge is 0.312 e. The van der Waals surface area contributed by atoms with Crippen molar-refractivity contribution in [2.75, 3.05) is 5.75 Å². The Morgan fingerprint density at radius 2 is 1.83 bits per heavy atom. The third-order valence-corrected chi connectivity index (χ3v) is 7.63. The number of hydrogen-bond acceptors (Lipinski definition) is 4. The van der Waals surface area contributed by atoms with Gasteiger partial charge in [-0.1, -0.05) is 31.2 Å². The average Bonchev–Trinajstić information content (AvgIpc) is 3.63. The first kappa shape index (κ1) is 23.8. The van der Waals surface area contributed by atoms with Crippen molar-refractivity contribution < 1.29 is 4.39 Å². The van der Waals surface area contributed by atoms with E-state index in [1.54, 1.807) is 22.4 Å². The summed E-state index contributed by atoms with van der Waals surface area (Å²) in [6, 6.07) is 12.6. The predicted molar refractivity (Wildman–Crippen MR) is 142 cm³/mol. The quantitative estimate of drug-likeness (QED) is 0.271. The smallest absolute Gasteiger partial charge is 0.258 e. The van der Waals surface area contributed by atoms with Crippen molar-refractivity contribution in [2.45, 2.75) is 63.6 Å². The highest BCUT2D eigenvalue weighted by molar-refractivity contribution is 7.99. The van der Waals surface area contributed by atoms with Crippen molar-refractivity contribution in [3.63, 3.8) is 0 Å². The lowest BCUT2D eigenvalue weighted by atomic mass is 10.0. The summed E-state index contributed by atoms with van der Waals surface area (Å²) in [6.45, 7) is 7.25. The van der Waals surface area contributed by atoms with Crippen molar-refractivity contribution >= 4 is 22.9 Å². The normalized spacial score (nSPS) is 14.1. The zero-order valence-electron chi connectivity index (χ0n) is 20.9. The maximum Gasteiger partial charge on any atom is 0.258 e. The number of benzene rings is 1. The fourth-order valence-electron chi connectivity index (χ4n) is 4.70. The Morgan fingerprint density at radius 1 is 1.11 bits per heavy atom. The summed E-state index contributed by atoms with van der Waals surface area (Å²) in [5.41, 5.74) is 3.72. The summed E-state index contributed by atoms with van der Waals surface area (Å²) < 4.78 is 18.3. The minimum Gasteiger partial charge on any atom is -0.312 e. The number of alkyl halides is 1. The Balaban J connectivity index is 1.64. The van der Waals surface area contributed by atoms with Gasteiger partial charge < -0.3 is 4.57 Å². The summed E-state index contributed by atoms with van der Waals surface area (Å²) in [7, 11) is 1.89. The van der Waals surface area contributed by atoms with Gasteiger partial charge in [0.05, 0.1) is 5.56 Å². The maximum atomic E-state index is 14.8. The second kappa shape index (κ2) is 8.94. The van der Waals surface area contributed by atoms with E-state index >= 15 is 0 Å². The molecule has 0 N–H and O–H groups in total. The molecule has 1 aromatic carbocycles. The average molecular weight is 491 g/mol. The van der Waals surface area contributed by atoms with Crippen LogP contribution in [0.15, 0.2) is 52.3 Å². The highest BCUT2D eigenvalue weighted by atomic mass is 32.2. The van der Waals surface area contributed by atoms with Crippen LogP contribution in [-0.2, 0) is 19.3 Å². The van der Waals surface area contributed by atoms with Crippen LogP contribution >= 0.6 is 11.8 Å². The van der Waals surface area contributed by atoms with Gasteiger partial charge in [-0.3, -0.25) is 14.3 Å². The van der Waals surface area contributed by atoms with E-state index < -0.39 is 5.67 Å². The van der Waals surface area contributed by atoms with E-state index in [0.29, 0.717) is 23.5 Å². The third-order valence-electron chi connectivity index (χ3n) is 6.72. The SMILES string of the molecule is CCSc1cc(-c2ccc(C3CC3)cc2)cnc1-c1nc2cc(C(C)(C)F)c(=O)n(CC)c2n1C. The molecule has 0 unspecified atom stereocenters. The van der Waals surface area contributed by atoms with E-state index in [4.69, 9.17) is 9.97 Å². The van der Waals surface area contributed by atoms with Crippen LogP contribution in [0.5, 0.6) is 0 Å². The number of hydrogen-bond donors (Lipinski definition) is 0. The molecule has 0 spiro atoms. The van der Waals surface area contributed by atoms with Crippen molar-refractivity contribution in [3.8, 4) is 22.6 Å². The minimum atomic E-state index is -1.75. The van der Waals surface area contributed by atoms with Crippen LogP contribution in [0.2, 0.25) is 0 Å². The highest BCUT2D eigenvalue weighted by Crippen LogP contribution is 2.41. The van der Waals surface area contributed by atoms with Gasteiger partial charge in [-0.25, -0.2) is 9.37 Å². The highest BCUT2D eigenvalue weighted by Gasteiger charge is 2.27. The van der Waals surface area contributed by atoms with Crippen molar-refractivity contribution in [2.24, 2.45) is 7.05 Å². The second-order valence-corrected chi connectivity index (χ2v) is 11.0. The molecule has 3 heterocycles. The van der Waals surface area contributed by atoms with E-state index in [1.807, 2.05) is 24.7 Å². The zero-order chi connectivity index (χ0) is 24.9. The molecule has 1 aliphatic carbocycles. The predicted octanol–water partition coefficient (Wildman–Crippen LogP) is 6.68. The first-order valence-corrected chi connectivity index (χ1v) is 13.2. The molecular formula is C28H31FN4OS. The monoisotopic (exact) mass is 490 g/mol. The van der Waals surface area contributed by atoms with Gasteiger partial charge in [-0.05, 0) is 68.5 Å². The van der Waals surface area contributed by atoms with Gasteiger partial charge in [-0.2, -0.15) is 0 Å². The molecule has 5 nitrogen and oxygen atoms in total. The molecule has 7 heteroatoms. The molecule has 0 atom stereocenters. The molecule has 0 aliphatic heterocycles. The molecule has 0 bridgehead atoms. The van der Waals surface area contributed by atoms with Crippen LogP contribution in [0.3, 0.4) is 0 Å². The second-order valence-electron chi connectivity index (χ2n) is 9.68. The summed E-state index contributed by atoms with van der Waals surface area (Å²) in [5, 5.41) is 0. The molecule has 4 aromatic rings. The van der Waals surface area contributed by atoms with Gasteiger partial charge in [0.2, 0.25) is 0 Å². The molecule has 35 heavy (non-hydrogen) atoms. The minimum absolute atomic E-state index is 0.123. The number of aromatic nitrogens is 4. The van der Waals surface area contributed by atoms with Crippen LogP contribution in [0.1, 0.15) is 57.6 Å². The lowest BCUT2D eigenvalue weighted by Gasteiger charge is -2.16. The van der Waals surface area contributed by atoms with Gasteiger partial charge in [0.25, 0.3) is 5.56 Å². The standard InChI is InChI=1S/C28H31FN4OS/c1-6-33-26-22(15-21(27(33)34)28(3,4)29)31-25(32(26)5)24-23(35-7-2)14-20(16-30-24)19-12-10-18(11-13-19)17-8-9-17/h10-17H,6-9H2,1-5H3. The van der Waals surface area contributed by atoms with Gasteiger partial charge in [0.15, 0.2) is 5.82 Å². The third kappa shape index (κ3) is 4.31. The summed E-state index contributed by atoms with van der Waals surface area (Å²) in [6.07, 6.45) is 4.48. The van der Waals surface area contributed by atoms with Gasteiger partial charge in [0, 0.05) is 30.2 Å².